The first-order valence-electron chi connectivity index (χ1n) is 8.71. The summed E-state index contributed by atoms with van der Waals surface area (Å²) in [5.74, 6) is 0.542. The highest BCUT2D eigenvalue weighted by molar-refractivity contribution is 6.09. The zero-order chi connectivity index (χ0) is 19.2. The first-order chi connectivity index (χ1) is 13.0. The third-order valence-electron chi connectivity index (χ3n) is 3.82. The molecule has 4 nitrogen and oxygen atoms in total. The van der Waals surface area contributed by atoms with E-state index in [0.717, 1.165) is 0 Å². The lowest BCUT2D eigenvalue weighted by molar-refractivity contribution is 0.0734. The van der Waals surface area contributed by atoms with E-state index in [9.17, 15) is 9.59 Å². The monoisotopic (exact) mass is 360 g/mol. The summed E-state index contributed by atoms with van der Waals surface area (Å²) in [6, 6.07) is 22.4. The standard InChI is InChI=1S/C23H20O4/c1-16(2)26-20-14-10-19(11-15-20)23(25)27-21-12-8-18(9-13-21)22(24)17-6-4-3-5-7-17/h3-16H,1-2H3. The minimum atomic E-state index is -0.465. The fourth-order valence-corrected chi connectivity index (χ4v) is 2.54. The van der Waals surface area contributed by atoms with Crippen molar-refractivity contribution in [2.75, 3.05) is 0 Å². The number of rotatable bonds is 6. The van der Waals surface area contributed by atoms with Crippen molar-refractivity contribution >= 4 is 11.8 Å². The molecule has 0 amide bonds. The number of hydrogen-bond donors (Lipinski definition) is 0. The zero-order valence-corrected chi connectivity index (χ0v) is 15.2. The summed E-state index contributed by atoms with van der Waals surface area (Å²) in [6.07, 6.45) is 0.0694. The van der Waals surface area contributed by atoms with Crippen LogP contribution in [0.5, 0.6) is 11.5 Å². The molecule has 27 heavy (non-hydrogen) atoms. The van der Waals surface area contributed by atoms with Gasteiger partial charge in [-0.25, -0.2) is 4.79 Å². The first kappa shape index (κ1) is 18.4. The molecule has 3 aromatic carbocycles. The van der Waals surface area contributed by atoms with Crippen molar-refractivity contribution in [2.45, 2.75) is 20.0 Å². The van der Waals surface area contributed by atoms with Crippen LogP contribution < -0.4 is 9.47 Å². The van der Waals surface area contributed by atoms with Gasteiger partial charge in [-0.1, -0.05) is 30.3 Å². The second kappa shape index (κ2) is 8.32. The minimum Gasteiger partial charge on any atom is -0.491 e. The lowest BCUT2D eigenvalue weighted by Crippen LogP contribution is -2.09. The molecule has 3 aromatic rings. The van der Waals surface area contributed by atoms with Crippen LogP contribution in [0, 0.1) is 0 Å². The Morgan fingerprint density at radius 3 is 1.78 bits per heavy atom. The molecule has 136 valence electrons. The molecule has 4 heteroatoms. The number of ether oxygens (including phenoxy) is 2. The van der Waals surface area contributed by atoms with Crippen LogP contribution in [0.2, 0.25) is 0 Å². The Kier molecular flexibility index (Phi) is 5.67. The van der Waals surface area contributed by atoms with Crippen molar-refractivity contribution in [3.63, 3.8) is 0 Å². The Labute approximate surface area is 158 Å². The summed E-state index contributed by atoms with van der Waals surface area (Å²) < 4.78 is 10.9. The number of ketones is 1. The van der Waals surface area contributed by atoms with Crippen LogP contribution in [0.1, 0.15) is 40.1 Å². The van der Waals surface area contributed by atoms with Crippen LogP contribution in [0.4, 0.5) is 0 Å². The van der Waals surface area contributed by atoms with Gasteiger partial charge in [-0.15, -0.1) is 0 Å². The SMILES string of the molecule is CC(C)Oc1ccc(C(=O)Oc2ccc(C(=O)c3ccccc3)cc2)cc1. The van der Waals surface area contributed by atoms with Gasteiger partial charge in [-0.05, 0) is 62.4 Å². The lowest BCUT2D eigenvalue weighted by Gasteiger charge is -2.10. The lowest BCUT2D eigenvalue weighted by atomic mass is 10.0. The van der Waals surface area contributed by atoms with Gasteiger partial charge in [0.1, 0.15) is 11.5 Å². The van der Waals surface area contributed by atoms with Gasteiger partial charge in [0, 0.05) is 11.1 Å². The van der Waals surface area contributed by atoms with E-state index in [2.05, 4.69) is 0 Å². The van der Waals surface area contributed by atoms with E-state index in [4.69, 9.17) is 9.47 Å². The molecule has 0 N–H and O–H groups in total. The summed E-state index contributed by atoms with van der Waals surface area (Å²) in [5, 5.41) is 0. The molecule has 0 fully saturated rings. The summed E-state index contributed by atoms with van der Waals surface area (Å²) in [4.78, 5) is 24.6. The average Bonchev–Trinajstić information content (AvgIpc) is 2.69. The van der Waals surface area contributed by atoms with Crippen molar-refractivity contribution in [3.05, 3.63) is 95.6 Å². The second-order valence-corrected chi connectivity index (χ2v) is 6.30. The molecule has 0 aliphatic rings. The maximum absolute atomic E-state index is 12.4. The van der Waals surface area contributed by atoms with Gasteiger partial charge in [0.25, 0.3) is 0 Å². The third kappa shape index (κ3) is 4.82. The topological polar surface area (TPSA) is 52.6 Å². The van der Waals surface area contributed by atoms with E-state index in [1.807, 2.05) is 32.0 Å². The Hall–Kier alpha value is -3.40. The highest BCUT2D eigenvalue weighted by Gasteiger charge is 2.11. The predicted molar refractivity (Wildman–Crippen MR) is 103 cm³/mol. The van der Waals surface area contributed by atoms with Crippen LogP contribution in [0.25, 0.3) is 0 Å². The summed E-state index contributed by atoms with van der Waals surface area (Å²) in [7, 11) is 0. The van der Waals surface area contributed by atoms with E-state index in [-0.39, 0.29) is 11.9 Å². The van der Waals surface area contributed by atoms with E-state index in [1.54, 1.807) is 60.7 Å². The first-order valence-corrected chi connectivity index (χ1v) is 8.71. The molecular formula is C23H20O4. The van der Waals surface area contributed by atoms with Gasteiger partial charge < -0.3 is 9.47 Å². The Morgan fingerprint density at radius 2 is 1.19 bits per heavy atom. The molecule has 3 rings (SSSR count). The molecule has 0 bridgehead atoms. The van der Waals surface area contributed by atoms with Gasteiger partial charge in [0.2, 0.25) is 0 Å². The van der Waals surface area contributed by atoms with Gasteiger partial charge in [0.15, 0.2) is 5.78 Å². The van der Waals surface area contributed by atoms with Crippen LogP contribution in [0.3, 0.4) is 0 Å². The van der Waals surface area contributed by atoms with Crippen LogP contribution in [-0.2, 0) is 0 Å². The number of carbonyl (C=O) groups excluding carboxylic acids is 2. The number of carbonyl (C=O) groups is 2. The fraction of sp³-hybridized carbons (Fsp3) is 0.130. The van der Waals surface area contributed by atoms with Gasteiger partial charge >= 0.3 is 5.97 Å². The van der Waals surface area contributed by atoms with Crippen LogP contribution in [0.15, 0.2) is 78.9 Å². The highest BCUT2D eigenvalue weighted by Crippen LogP contribution is 2.18. The van der Waals surface area contributed by atoms with Crippen molar-refractivity contribution in [2.24, 2.45) is 0 Å². The number of hydrogen-bond acceptors (Lipinski definition) is 4. The number of esters is 1. The van der Waals surface area contributed by atoms with E-state index in [0.29, 0.717) is 28.2 Å². The Bertz CT molecular complexity index is 911. The van der Waals surface area contributed by atoms with Crippen molar-refractivity contribution in [1.82, 2.24) is 0 Å². The molecule has 0 aliphatic heterocycles. The maximum Gasteiger partial charge on any atom is 0.343 e. The van der Waals surface area contributed by atoms with Crippen molar-refractivity contribution < 1.29 is 19.1 Å². The largest absolute Gasteiger partial charge is 0.491 e. The quantitative estimate of drug-likeness (QED) is 0.355. The van der Waals surface area contributed by atoms with Gasteiger partial charge in [0.05, 0.1) is 11.7 Å². The summed E-state index contributed by atoms with van der Waals surface area (Å²) in [5.41, 5.74) is 1.58. The number of benzene rings is 3. The van der Waals surface area contributed by atoms with Crippen molar-refractivity contribution in [3.8, 4) is 11.5 Å². The molecule has 0 saturated heterocycles. The third-order valence-corrected chi connectivity index (χ3v) is 3.82. The average molecular weight is 360 g/mol. The molecule has 0 atom stereocenters. The maximum atomic E-state index is 12.4. The normalized spacial score (nSPS) is 10.5. The molecule has 0 saturated carbocycles. The Morgan fingerprint density at radius 1 is 0.667 bits per heavy atom. The van der Waals surface area contributed by atoms with Gasteiger partial charge in [-0.2, -0.15) is 0 Å². The van der Waals surface area contributed by atoms with Crippen molar-refractivity contribution in [1.29, 1.82) is 0 Å². The van der Waals surface area contributed by atoms with Gasteiger partial charge in [-0.3, -0.25) is 4.79 Å². The molecule has 0 heterocycles. The van der Waals surface area contributed by atoms with E-state index >= 15 is 0 Å². The molecule has 0 aliphatic carbocycles. The summed E-state index contributed by atoms with van der Waals surface area (Å²) >= 11 is 0. The molecule has 0 spiro atoms. The molecule has 0 aromatic heterocycles. The smallest absolute Gasteiger partial charge is 0.343 e. The van der Waals surface area contributed by atoms with E-state index < -0.39 is 5.97 Å². The van der Waals surface area contributed by atoms with Crippen LogP contribution in [-0.4, -0.2) is 17.9 Å². The van der Waals surface area contributed by atoms with Crippen LogP contribution >= 0.6 is 0 Å². The highest BCUT2D eigenvalue weighted by atomic mass is 16.5. The molecule has 0 radical (unpaired) electrons. The molecule has 0 unspecified atom stereocenters. The Balaban J connectivity index is 1.65. The molecular weight excluding hydrogens is 340 g/mol. The predicted octanol–water partition coefficient (Wildman–Crippen LogP) is 4.92. The summed E-state index contributed by atoms with van der Waals surface area (Å²) in [6.45, 7) is 3.88. The van der Waals surface area contributed by atoms with E-state index in [1.165, 1.54) is 0 Å². The minimum absolute atomic E-state index is 0.0694. The second-order valence-electron chi connectivity index (χ2n) is 6.30. The fourth-order valence-electron chi connectivity index (χ4n) is 2.54. The zero-order valence-electron chi connectivity index (χ0n) is 15.2.